The Bertz CT molecular complexity index is 1840. The molecule has 57 heavy (non-hydrogen) atoms. The highest BCUT2D eigenvalue weighted by molar-refractivity contribution is 5.95. The molecule has 2 aliphatic rings. The summed E-state index contributed by atoms with van der Waals surface area (Å²) in [7, 11) is 1.25. The van der Waals surface area contributed by atoms with Crippen molar-refractivity contribution in [1.82, 2.24) is 20.9 Å². The van der Waals surface area contributed by atoms with Gasteiger partial charge in [-0.05, 0) is 85.6 Å². The minimum Gasteiger partial charge on any atom is -0.467 e. The Morgan fingerprint density at radius 1 is 0.825 bits per heavy atom. The molecule has 0 saturated carbocycles. The summed E-state index contributed by atoms with van der Waals surface area (Å²) in [6.45, 7) is 6.19. The molecule has 304 valence electrons. The Labute approximate surface area is 335 Å². The van der Waals surface area contributed by atoms with Crippen molar-refractivity contribution < 1.29 is 38.2 Å². The monoisotopic (exact) mass is 780 g/mol. The van der Waals surface area contributed by atoms with E-state index >= 15 is 0 Å². The number of fused-ring (bicyclic) bond motifs is 3. The zero-order valence-corrected chi connectivity index (χ0v) is 33.5. The molecule has 1 fully saturated rings. The number of amides is 4. The first-order valence-corrected chi connectivity index (χ1v) is 20.1. The number of unbranched alkanes of at least 4 members (excludes halogenated alkanes) is 1. The highest BCUT2D eigenvalue weighted by atomic mass is 16.5. The van der Waals surface area contributed by atoms with E-state index in [1.165, 1.54) is 18.9 Å². The van der Waals surface area contributed by atoms with Crippen molar-refractivity contribution in [2.75, 3.05) is 26.8 Å². The first-order chi connectivity index (χ1) is 27.5. The molecule has 0 spiro atoms. The van der Waals surface area contributed by atoms with Crippen molar-refractivity contribution in [3.05, 3.63) is 95.6 Å². The third-order valence-electron chi connectivity index (χ3n) is 10.7. The van der Waals surface area contributed by atoms with Gasteiger partial charge in [-0.3, -0.25) is 14.4 Å². The average Bonchev–Trinajstić information content (AvgIpc) is 3.82. The second-order valence-corrected chi connectivity index (χ2v) is 15.5. The van der Waals surface area contributed by atoms with E-state index in [9.17, 15) is 28.8 Å². The van der Waals surface area contributed by atoms with E-state index in [2.05, 4.69) is 40.2 Å². The van der Waals surface area contributed by atoms with E-state index in [0.29, 0.717) is 51.6 Å². The van der Waals surface area contributed by atoms with Gasteiger partial charge in [0.2, 0.25) is 17.7 Å². The Balaban J connectivity index is 1.11. The summed E-state index contributed by atoms with van der Waals surface area (Å²) < 4.78 is 10.6. The molecule has 4 atom stereocenters. The normalized spacial score (nSPS) is 16.2. The van der Waals surface area contributed by atoms with Crippen molar-refractivity contribution in [2.24, 2.45) is 11.8 Å². The van der Waals surface area contributed by atoms with E-state index in [-0.39, 0.29) is 48.9 Å². The van der Waals surface area contributed by atoms with Gasteiger partial charge in [-0.1, -0.05) is 92.7 Å². The summed E-state index contributed by atoms with van der Waals surface area (Å²) in [5.74, 6) is -2.60. The second-order valence-electron chi connectivity index (χ2n) is 15.5. The Hall–Kier alpha value is -5.52. The predicted molar refractivity (Wildman–Crippen MR) is 216 cm³/mol. The third kappa shape index (κ3) is 11.5. The predicted octanol–water partition coefficient (Wildman–Crippen LogP) is 5.71. The first-order valence-electron chi connectivity index (χ1n) is 20.1. The van der Waals surface area contributed by atoms with E-state index in [0.717, 1.165) is 27.8 Å². The molecule has 3 N–H and O–H groups in total. The number of ether oxygens (including phenoxy) is 2. The number of esters is 1. The molecule has 5 rings (SSSR count). The van der Waals surface area contributed by atoms with E-state index in [1.54, 1.807) is 0 Å². The molecular weight excluding hydrogens is 725 g/mol. The average molecular weight is 781 g/mol. The minimum atomic E-state index is -0.953. The van der Waals surface area contributed by atoms with Crippen molar-refractivity contribution in [3.63, 3.8) is 0 Å². The number of nitrogens with zero attached hydrogens (tertiary/aromatic N) is 1. The lowest BCUT2D eigenvalue weighted by atomic mass is 9.92. The molecule has 0 unspecified atom stereocenters. The highest BCUT2D eigenvalue weighted by Crippen LogP contribution is 2.44. The van der Waals surface area contributed by atoms with Crippen LogP contribution < -0.4 is 16.0 Å². The largest absolute Gasteiger partial charge is 0.467 e. The summed E-state index contributed by atoms with van der Waals surface area (Å²) in [5, 5.41) is 8.52. The number of Topliss-reactive ketones (excluding diaryl/α,β-unsaturated/α-hetero) is 1. The molecule has 4 amide bonds. The van der Waals surface area contributed by atoms with Crippen LogP contribution in [0.3, 0.4) is 0 Å². The van der Waals surface area contributed by atoms with Crippen LogP contribution in [0.15, 0.2) is 78.9 Å². The van der Waals surface area contributed by atoms with E-state index < -0.39 is 42.0 Å². The molecule has 12 nitrogen and oxygen atoms in total. The summed E-state index contributed by atoms with van der Waals surface area (Å²) >= 11 is 0. The van der Waals surface area contributed by atoms with Crippen LogP contribution >= 0.6 is 0 Å². The first kappa shape index (κ1) is 42.6. The van der Waals surface area contributed by atoms with Crippen LogP contribution in [0.2, 0.25) is 0 Å². The van der Waals surface area contributed by atoms with Gasteiger partial charge in [0.05, 0.1) is 7.11 Å². The fourth-order valence-electron chi connectivity index (χ4n) is 7.96. The molecule has 3 aromatic rings. The maximum atomic E-state index is 14.1. The maximum Gasteiger partial charge on any atom is 0.407 e. The quantitative estimate of drug-likeness (QED) is 0.103. The molecule has 0 radical (unpaired) electrons. The van der Waals surface area contributed by atoms with Crippen LogP contribution in [0.4, 0.5) is 4.79 Å². The number of likely N-dealkylation sites (tertiary alicyclic amines) is 1. The van der Waals surface area contributed by atoms with Crippen LogP contribution in [0.5, 0.6) is 0 Å². The number of carbonyl (C=O) groups is 6. The standard InChI is InChI=1S/C45H56N4O8/c1-29(2)25-39(48-41(51)32(26-30(3)50)27-31-15-6-5-7-16-31)43(53)49-24-14-22-40(49)42(52)47-38(44(54)56-4)21-12-13-23-46-45(55)57-28-37-35-19-10-8-17-33(35)34-18-9-11-20-36(34)37/h5-11,15-20,29,32,37-40H,12-14,21-28H2,1-4H3,(H,46,55)(H,47,52)(H,48,51)/t32-,38-,39-,40-/m0/s1. The molecule has 1 aliphatic carbocycles. The fraction of sp³-hybridized carbons (Fsp3) is 0.467. The Morgan fingerprint density at radius 2 is 1.47 bits per heavy atom. The molecule has 0 aromatic heterocycles. The number of alkyl carbamates (subject to hydrolysis) is 1. The van der Waals surface area contributed by atoms with Gasteiger partial charge in [-0.15, -0.1) is 0 Å². The maximum absolute atomic E-state index is 14.1. The van der Waals surface area contributed by atoms with Crippen molar-refractivity contribution >= 4 is 35.6 Å². The molecule has 3 aromatic carbocycles. The second kappa shape index (κ2) is 20.6. The zero-order chi connectivity index (χ0) is 40.9. The number of methoxy groups -OCH3 is 1. The van der Waals surface area contributed by atoms with Gasteiger partial charge in [-0.2, -0.15) is 0 Å². The van der Waals surface area contributed by atoms with Gasteiger partial charge in [0.1, 0.15) is 30.5 Å². The van der Waals surface area contributed by atoms with Crippen LogP contribution in [-0.4, -0.2) is 85.4 Å². The Kier molecular flexibility index (Phi) is 15.4. The summed E-state index contributed by atoms with van der Waals surface area (Å²) in [4.78, 5) is 80.4. The van der Waals surface area contributed by atoms with Gasteiger partial charge >= 0.3 is 12.1 Å². The molecule has 12 heteroatoms. The van der Waals surface area contributed by atoms with E-state index in [1.807, 2.05) is 68.4 Å². The van der Waals surface area contributed by atoms with Crippen molar-refractivity contribution in [1.29, 1.82) is 0 Å². The minimum absolute atomic E-state index is 0.0401. The van der Waals surface area contributed by atoms with E-state index in [4.69, 9.17) is 9.47 Å². The van der Waals surface area contributed by atoms with Gasteiger partial charge in [0.25, 0.3) is 0 Å². The number of carbonyl (C=O) groups excluding carboxylic acids is 6. The molecule has 0 bridgehead atoms. The Morgan fingerprint density at radius 3 is 2.11 bits per heavy atom. The molecule has 1 aliphatic heterocycles. The lowest BCUT2D eigenvalue weighted by Crippen LogP contribution is -2.56. The number of benzene rings is 3. The SMILES string of the molecule is COC(=O)[C@H](CCCCNC(=O)OCC1c2ccccc2-c2ccccc21)NC(=O)[C@@H]1CCCN1C(=O)[C@H](CC(C)C)NC(=O)[C@@H](CC(C)=O)Cc1ccccc1. The van der Waals surface area contributed by atoms with Crippen LogP contribution in [-0.2, 0) is 39.9 Å². The zero-order valence-electron chi connectivity index (χ0n) is 33.5. The lowest BCUT2D eigenvalue weighted by molar-refractivity contribution is -0.147. The number of nitrogens with one attached hydrogen (secondary N) is 3. The lowest BCUT2D eigenvalue weighted by Gasteiger charge is -2.31. The number of ketones is 1. The van der Waals surface area contributed by atoms with Gasteiger partial charge in [-0.25, -0.2) is 9.59 Å². The van der Waals surface area contributed by atoms with Crippen molar-refractivity contribution in [2.45, 2.75) is 96.2 Å². The highest BCUT2D eigenvalue weighted by Gasteiger charge is 2.40. The summed E-state index contributed by atoms with van der Waals surface area (Å²) in [5.41, 5.74) is 5.47. The number of rotatable bonds is 19. The summed E-state index contributed by atoms with van der Waals surface area (Å²) in [6.07, 6.45) is 2.47. The van der Waals surface area contributed by atoms with Gasteiger partial charge < -0.3 is 35.1 Å². The molecule has 1 heterocycles. The van der Waals surface area contributed by atoms with Crippen LogP contribution in [0, 0.1) is 11.8 Å². The summed E-state index contributed by atoms with van der Waals surface area (Å²) in [6, 6.07) is 23.0. The molecular formula is C45H56N4O8. The van der Waals surface area contributed by atoms with Gasteiger partial charge in [0, 0.05) is 31.3 Å². The van der Waals surface area contributed by atoms with Gasteiger partial charge in [0.15, 0.2) is 0 Å². The third-order valence-corrected chi connectivity index (χ3v) is 10.7. The fourth-order valence-corrected chi connectivity index (χ4v) is 7.96. The topological polar surface area (TPSA) is 160 Å². The van der Waals surface area contributed by atoms with Crippen LogP contribution in [0.25, 0.3) is 11.1 Å². The molecule has 1 saturated heterocycles. The van der Waals surface area contributed by atoms with Crippen LogP contribution in [0.1, 0.15) is 88.3 Å². The smallest absolute Gasteiger partial charge is 0.407 e. The number of hydrogen-bond acceptors (Lipinski definition) is 8. The number of hydrogen-bond donors (Lipinski definition) is 3. The van der Waals surface area contributed by atoms with Crippen molar-refractivity contribution in [3.8, 4) is 11.1 Å².